The number of ether oxygens (including phenoxy) is 3. The first-order valence-corrected chi connectivity index (χ1v) is 7.81. The topological polar surface area (TPSA) is 61.8 Å². The third-order valence-corrected chi connectivity index (χ3v) is 3.46. The highest BCUT2D eigenvalue weighted by molar-refractivity contribution is 8.13. The van der Waals surface area contributed by atoms with Gasteiger partial charge in [0, 0.05) is 28.9 Å². The fraction of sp³-hybridized carbons (Fsp3) is 0.455. The van der Waals surface area contributed by atoms with Crippen LogP contribution in [0.5, 0.6) is 11.5 Å². The van der Waals surface area contributed by atoms with E-state index in [1.54, 1.807) is 19.2 Å². The third-order valence-electron chi connectivity index (χ3n) is 2.48. The van der Waals surface area contributed by atoms with Gasteiger partial charge in [0.25, 0.3) is 0 Å². The van der Waals surface area contributed by atoms with Gasteiger partial charge in [0.1, 0.15) is 13.2 Å². The molecule has 1 aliphatic heterocycles. The van der Waals surface area contributed by atoms with E-state index in [1.165, 1.54) is 0 Å². The zero-order chi connectivity index (χ0) is 13.2. The molecule has 1 aromatic rings. The number of benzene rings is 1. The summed E-state index contributed by atoms with van der Waals surface area (Å²) in [5.74, 6) is 0.703. The Kier molecular flexibility index (Phi) is 3.99. The maximum Gasteiger partial charge on any atom is 0.236 e. The van der Waals surface area contributed by atoms with E-state index in [4.69, 9.17) is 24.9 Å². The Labute approximate surface area is 110 Å². The molecule has 1 aliphatic rings. The predicted molar refractivity (Wildman–Crippen MR) is 66.6 cm³/mol. The van der Waals surface area contributed by atoms with Crippen LogP contribution in [0.2, 0.25) is 0 Å². The number of fused-ring (bicyclic) bond motifs is 1. The van der Waals surface area contributed by atoms with E-state index in [9.17, 15) is 8.42 Å². The Hall–Kier alpha value is -0.980. The minimum absolute atomic E-state index is 0.284. The van der Waals surface area contributed by atoms with Gasteiger partial charge >= 0.3 is 0 Å². The molecule has 0 fully saturated rings. The van der Waals surface area contributed by atoms with E-state index in [0.29, 0.717) is 36.9 Å². The van der Waals surface area contributed by atoms with Gasteiger partial charge in [-0.15, -0.1) is 0 Å². The van der Waals surface area contributed by atoms with Gasteiger partial charge in [-0.25, -0.2) is 8.42 Å². The molecule has 0 aromatic heterocycles. The van der Waals surface area contributed by atoms with Gasteiger partial charge in [-0.3, -0.25) is 0 Å². The molecule has 0 bridgehead atoms. The van der Waals surface area contributed by atoms with Crippen LogP contribution in [0, 0.1) is 0 Å². The van der Waals surface area contributed by atoms with Crippen LogP contribution in [0.1, 0.15) is 11.1 Å². The molecule has 18 heavy (non-hydrogen) atoms. The quantitative estimate of drug-likeness (QED) is 0.790. The number of rotatable bonds is 4. The lowest BCUT2D eigenvalue weighted by Crippen LogP contribution is -2.18. The Bertz CT molecular complexity index is 541. The average Bonchev–Trinajstić information content (AvgIpc) is 2.31. The molecule has 0 radical (unpaired) electrons. The van der Waals surface area contributed by atoms with Crippen molar-refractivity contribution in [2.24, 2.45) is 0 Å². The lowest BCUT2D eigenvalue weighted by atomic mass is 10.1. The summed E-state index contributed by atoms with van der Waals surface area (Å²) in [5.41, 5.74) is 1.32. The Morgan fingerprint density at radius 3 is 2.33 bits per heavy atom. The molecule has 7 heteroatoms. The van der Waals surface area contributed by atoms with Crippen molar-refractivity contribution < 1.29 is 22.6 Å². The summed E-state index contributed by atoms with van der Waals surface area (Å²) in [7, 11) is 3.21. The van der Waals surface area contributed by atoms with E-state index in [1.807, 2.05) is 0 Å². The summed E-state index contributed by atoms with van der Waals surface area (Å²) in [6, 6.07) is 3.43. The first kappa shape index (κ1) is 13.5. The van der Waals surface area contributed by atoms with Gasteiger partial charge in [-0.1, -0.05) is 12.1 Å². The molecule has 0 atom stereocenters. The van der Waals surface area contributed by atoms with E-state index >= 15 is 0 Å². The van der Waals surface area contributed by atoms with Gasteiger partial charge in [0.2, 0.25) is 9.05 Å². The molecular formula is C11H13ClO5S. The molecule has 1 heterocycles. The van der Waals surface area contributed by atoms with Crippen LogP contribution in [-0.4, -0.2) is 28.7 Å². The van der Waals surface area contributed by atoms with Crippen molar-refractivity contribution in [3.8, 4) is 11.5 Å². The summed E-state index contributed by atoms with van der Waals surface area (Å²) in [6.45, 7) is 1.19. The van der Waals surface area contributed by atoms with Gasteiger partial charge < -0.3 is 14.2 Å². The molecule has 0 N–H and O–H groups in total. The number of hydrogen-bond donors (Lipinski definition) is 0. The molecule has 100 valence electrons. The van der Waals surface area contributed by atoms with Crippen LogP contribution in [0.25, 0.3) is 0 Å². The van der Waals surface area contributed by atoms with Gasteiger partial charge in [-0.05, 0) is 0 Å². The second kappa shape index (κ2) is 5.34. The molecule has 0 saturated heterocycles. The minimum atomic E-state index is -3.63. The van der Waals surface area contributed by atoms with Crippen molar-refractivity contribution in [1.29, 1.82) is 0 Å². The highest BCUT2D eigenvalue weighted by Crippen LogP contribution is 2.38. The molecule has 5 nitrogen and oxygen atoms in total. The maximum absolute atomic E-state index is 11.1. The zero-order valence-electron chi connectivity index (χ0n) is 9.81. The molecule has 0 unspecified atom stereocenters. The lowest BCUT2D eigenvalue weighted by molar-refractivity contribution is 0.152. The van der Waals surface area contributed by atoms with E-state index in [2.05, 4.69) is 0 Å². The van der Waals surface area contributed by atoms with Crippen LogP contribution < -0.4 is 9.47 Å². The monoisotopic (exact) mass is 292 g/mol. The molecule has 0 spiro atoms. The van der Waals surface area contributed by atoms with Gasteiger partial charge in [-0.2, -0.15) is 0 Å². The van der Waals surface area contributed by atoms with Crippen molar-refractivity contribution in [1.82, 2.24) is 0 Å². The van der Waals surface area contributed by atoms with Crippen molar-refractivity contribution in [2.75, 3.05) is 20.3 Å². The second-order valence-electron chi connectivity index (χ2n) is 3.86. The standard InChI is InChI=1S/C11H13ClO5S/c1-15-6-8-2-3-9(7-18(12,13)14)11-10(8)16-4-5-17-11/h2-3H,4-7H2,1H3. The van der Waals surface area contributed by atoms with Crippen LogP contribution in [0.15, 0.2) is 12.1 Å². The van der Waals surface area contributed by atoms with Crippen LogP contribution in [0.4, 0.5) is 0 Å². The largest absolute Gasteiger partial charge is 0.486 e. The van der Waals surface area contributed by atoms with E-state index < -0.39 is 9.05 Å². The summed E-state index contributed by atoms with van der Waals surface area (Å²) in [5, 5.41) is 0. The summed E-state index contributed by atoms with van der Waals surface area (Å²) in [6.07, 6.45) is 0. The van der Waals surface area contributed by atoms with Crippen molar-refractivity contribution in [2.45, 2.75) is 12.4 Å². The summed E-state index contributed by atoms with van der Waals surface area (Å²) < 4.78 is 38.3. The van der Waals surface area contributed by atoms with Crippen LogP contribution in [0.3, 0.4) is 0 Å². The normalized spacial score (nSPS) is 14.6. The summed E-state index contributed by atoms with van der Waals surface area (Å²) >= 11 is 0. The smallest absolute Gasteiger partial charge is 0.236 e. The molecule has 0 aliphatic carbocycles. The minimum Gasteiger partial charge on any atom is -0.486 e. The number of methoxy groups -OCH3 is 1. The Morgan fingerprint density at radius 1 is 1.22 bits per heavy atom. The zero-order valence-corrected chi connectivity index (χ0v) is 11.4. The van der Waals surface area contributed by atoms with Crippen LogP contribution >= 0.6 is 10.7 Å². The molecule has 1 aromatic carbocycles. The van der Waals surface area contributed by atoms with Crippen molar-refractivity contribution >= 4 is 19.7 Å². The highest BCUT2D eigenvalue weighted by Gasteiger charge is 2.22. The number of halogens is 1. The molecule has 0 amide bonds. The fourth-order valence-electron chi connectivity index (χ4n) is 1.82. The average molecular weight is 293 g/mol. The first-order valence-electron chi connectivity index (χ1n) is 5.33. The van der Waals surface area contributed by atoms with Crippen LogP contribution in [-0.2, 0) is 26.1 Å². The fourth-order valence-corrected chi connectivity index (χ4v) is 2.77. The maximum atomic E-state index is 11.1. The number of hydrogen-bond acceptors (Lipinski definition) is 5. The lowest BCUT2D eigenvalue weighted by Gasteiger charge is -2.23. The SMILES string of the molecule is COCc1ccc(CS(=O)(=O)Cl)c2c1OCCO2. The Balaban J connectivity index is 2.43. The van der Waals surface area contributed by atoms with Gasteiger partial charge in [0.15, 0.2) is 11.5 Å². The van der Waals surface area contributed by atoms with E-state index in [-0.39, 0.29) is 5.75 Å². The molecule has 2 rings (SSSR count). The molecular weight excluding hydrogens is 280 g/mol. The van der Waals surface area contributed by atoms with Crippen molar-refractivity contribution in [3.05, 3.63) is 23.3 Å². The highest BCUT2D eigenvalue weighted by atomic mass is 35.7. The Morgan fingerprint density at radius 2 is 1.78 bits per heavy atom. The molecule has 0 saturated carbocycles. The third kappa shape index (κ3) is 3.07. The second-order valence-corrected chi connectivity index (χ2v) is 6.63. The van der Waals surface area contributed by atoms with E-state index in [0.717, 1.165) is 5.56 Å². The summed E-state index contributed by atoms with van der Waals surface area (Å²) in [4.78, 5) is 0. The first-order chi connectivity index (χ1) is 8.51. The van der Waals surface area contributed by atoms with Gasteiger partial charge in [0.05, 0.1) is 12.4 Å². The predicted octanol–water partition coefficient (Wildman–Crippen LogP) is 1.67. The van der Waals surface area contributed by atoms with Crippen molar-refractivity contribution in [3.63, 3.8) is 0 Å².